The molecule has 1 aromatic rings. The van der Waals surface area contributed by atoms with Gasteiger partial charge in [-0.3, -0.25) is 4.90 Å². The Kier molecular flexibility index (Phi) is 3.70. The summed E-state index contributed by atoms with van der Waals surface area (Å²) in [6.07, 6.45) is 5.67. The minimum atomic E-state index is -0.269. The molecule has 0 saturated carbocycles. The number of hydrogen-bond donors (Lipinski definition) is 0. The molecule has 3 rings (SSSR count). The van der Waals surface area contributed by atoms with Gasteiger partial charge in [0, 0.05) is 20.0 Å². The monoisotopic (exact) mass is 278 g/mol. The van der Waals surface area contributed by atoms with Crippen LogP contribution < -0.4 is 0 Å². The zero-order valence-electron chi connectivity index (χ0n) is 12.0. The fourth-order valence-electron chi connectivity index (χ4n) is 3.32. The number of nitrogens with zero attached hydrogens (tertiary/aromatic N) is 2. The van der Waals surface area contributed by atoms with Crippen molar-refractivity contribution in [1.29, 1.82) is 0 Å². The largest absolute Gasteiger partial charge is 0.469 e. The Bertz CT molecular complexity index is 460. The zero-order valence-corrected chi connectivity index (χ0v) is 12.0. The van der Waals surface area contributed by atoms with Crippen LogP contribution in [0.5, 0.6) is 0 Å². The lowest BCUT2D eigenvalue weighted by atomic mass is 9.92. The molecule has 3 heterocycles. The molecule has 1 amide bonds. The number of likely N-dealkylation sites (tertiary alicyclic amines) is 1. The number of piperidine rings is 1. The van der Waals surface area contributed by atoms with Gasteiger partial charge in [0.2, 0.25) is 0 Å². The Labute approximate surface area is 119 Å². The molecule has 0 aliphatic carbocycles. The van der Waals surface area contributed by atoms with E-state index in [1.165, 1.54) is 0 Å². The molecule has 2 aliphatic rings. The van der Waals surface area contributed by atoms with Gasteiger partial charge in [0.15, 0.2) is 0 Å². The highest BCUT2D eigenvalue weighted by Crippen LogP contribution is 2.31. The first kappa shape index (κ1) is 13.5. The van der Waals surface area contributed by atoms with Gasteiger partial charge in [-0.15, -0.1) is 0 Å². The summed E-state index contributed by atoms with van der Waals surface area (Å²) in [5.74, 6) is 1.05. The van der Waals surface area contributed by atoms with Crippen LogP contribution >= 0.6 is 0 Å². The summed E-state index contributed by atoms with van der Waals surface area (Å²) in [6.45, 7) is 3.71. The average Bonchev–Trinajstić information content (AvgIpc) is 3.00. The fraction of sp³-hybridized carbons (Fsp3) is 0.667. The average molecular weight is 278 g/mol. The van der Waals surface area contributed by atoms with Crippen LogP contribution in [0.3, 0.4) is 0 Å². The van der Waals surface area contributed by atoms with Crippen LogP contribution in [0.4, 0.5) is 4.79 Å². The van der Waals surface area contributed by atoms with E-state index in [9.17, 15) is 4.79 Å². The lowest BCUT2D eigenvalue weighted by Crippen LogP contribution is -2.50. The normalized spacial score (nSPS) is 27.2. The second kappa shape index (κ2) is 5.48. The van der Waals surface area contributed by atoms with Gasteiger partial charge in [0.25, 0.3) is 0 Å². The smallest absolute Gasteiger partial charge is 0.410 e. The molecular weight excluding hydrogens is 256 g/mol. The van der Waals surface area contributed by atoms with Crippen molar-refractivity contribution in [2.24, 2.45) is 0 Å². The Balaban J connectivity index is 1.50. The molecule has 0 radical (unpaired) electrons. The van der Waals surface area contributed by atoms with Crippen LogP contribution in [0.2, 0.25) is 0 Å². The van der Waals surface area contributed by atoms with Gasteiger partial charge in [0.1, 0.15) is 11.4 Å². The Hall–Kier alpha value is -1.49. The van der Waals surface area contributed by atoms with Crippen molar-refractivity contribution in [3.63, 3.8) is 0 Å². The highest BCUT2D eigenvalue weighted by atomic mass is 16.6. The number of furan rings is 1. The van der Waals surface area contributed by atoms with Crippen LogP contribution in [0.1, 0.15) is 25.0 Å². The van der Waals surface area contributed by atoms with Crippen LogP contribution in [0.15, 0.2) is 22.8 Å². The summed E-state index contributed by atoms with van der Waals surface area (Å²) in [5.41, 5.74) is -0.269. The molecule has 0 aromatic carbocycles. The van der Waals surface area contributed by atoms with E-state index in [-0.39, 0.29) is 11.7 Å². The highest BCUT2D eigenvalue weighted by molar-refractivity contribution is 5.70. The van der Waals surface area contributed by atoms with Gasteiger partial charge in [0.05, 0.1) is 12.8 Å². The van der Waals surface area contributed by atoms with Crippen LogP contribution in [0, 0.1) is 0 Å². The van der Waals surface area contributed by atoms with Gasteiger partial charge in [-0.05, 0) is 44.5 Å². The molecule has 20 heavy (non-hydrogen) atoms. The first-order chi connectivity index (χ1) is 9.67. The Morgan fingerprint density at radius 1 is 1.40 bits per heavy atom. The predicted octanol–water partition coefficient (Wildman–Crippen LogP) is 2.13. The molecule has 1 unspecified atom stereocenters. The van der Waals surface area contributed by atoms with Crippen molar-refractivity contribution < 1.29 is 13.9 Å². The van der Waals surface area contributed by atoms with Gasteiger partial charge >= 0.3 is 6.09 Å². The quantitative estimate of drug-likeness (QED) is 0.846. The van der Waals surface area contributed by atoms with E-state index in [1.807, 2.05) is 19.2 Å². The van der Waals surface area contributed by atoms with Gasteiger partial charge in [-0.25, -0.2) is 4.79 Å². The third-order valence-corrected chi connectivity index (χ3v) is 4.24. The molecule has 5 nitrogen and oxygen atoms in total. The molecule has 0 N–H and O–H groups in total. The van der Waals surface area contributed by atoms with E-state index in [0.29, 0.717) is 0 Å². The molecule has 5 heteroatoms. The molecule has 2 fully saturated rings. The molecule has 1 atom stereocenters. The van der Waals surface area contributed by atoms with E-state index in [4.69, 9.17) is 9.15 Å². The molecule has 0 bridgehead atoms. The summed E-state index contributed by atoms with van der Waals surface area (Å²) in [7, 11) is 1.81. The maximum atomic E-state index is 11.6. The van der Waals surface area contributed by atoms with Crippen molar-refractivity contribution in [3.05, 3.63) is 24.2 Å². The topological polar surface area (TPSA) is 45.9 Å². The predicted molar refractivity (Wildman–Crippen MR) is 74.5 cm³/mol. The lowest BCUT2D eigenvalue weighted by molar-refractivity contribution is -0.00898. The van der Waals surface area contributed by atoms with Crippen molar-refractivity contribution in [1.82, 2.24) is 9.80 Å². The molecule has 2 aliphatic heterocycles. The molecular formula is C15H22N2O3. The van der Waals surface area contributed by atoms with E-state index in [2.05, 4.69) is 4.90 Å². The molecule has 1 aromatic heterocycles. The van der Waals surface area contributed by atoms with E-state index < -0.39 is 0 Å². The third-order valence-electron chi connectivity index (χ3n) is 4.24. The molecule has 1 spiro atoms. The minimum absolute atomic E-state index is 0.178. The Morgan fingerprint density at radius 3 is 3.00 bits per heavy atom. The third kappa shape index (κ3) is 2.82. The maximum Gasteiger partial charge on any atom is 0.410 e. The van der Waals surface area contributed by atoms with Gasteiger partial charge in [-0.1, -0.05) is 0 Å². The summed E-state index contributed by atoms with van der Waals surface area (Å²) in [6, 6.07) is 3.95. The second-order valence-electron chi connectivity index (χ2n) is 5.97. The molecule has 2 saturated heterocycles. The number of likely N-dealkylation sites (N-methyl/N-ethyl adjacent to an activating group) is 1. The molecule has 110 valence electrons. The minimum Gasteiger partial charge on any atom is -0.469 e. The fourth-order valence-corrected chi connectivity index (χ4v) is 3.32. The van der Waals surface area contributed by atoms with Crippen LogP contribution in [-0.2, 0) is 11.2 Å². The standard InChI is InChI=1S/C15H22N2O3/c1-16-11-15(20-14(16)18)7-4-9-17(12-15)8-2-5-13-6-3-10-19-13/h3,6,10H,2,4-5,7-9,11-12H2,1H3. The van der Waals surface area contributed by atoms with E-state index >= 15 is 0 Å². The number of aryl methyl sites for hydroxylation is 1. The van der Waals surface area contributed by atoms with E-state index in [0.717, 1.165) is 57.6 Å². The Morgan fingerprint density at radius 2 is 2.30 bits per heavy atom. The van der Waals surface area contributed by atoms with Crippen molar-refractivity contribution in [2.45, 2.75) is 31.3 Å². The van der Waals surface area contributed by atoms with Crippen LogP contribution in [-0.4, -0.2) is 54.7 Å². The van der Waals surface area contributed by atoms with E-state index in [1.54, 1.807) is 11.2 Å². The lowest BCUT2D eigenvalue weighted by Gasteiger charge is -2.38. The van der Waals surface area contributed by atoms with Gasteiger partial charge in [-0.2, -0.15) is 0 Å². The number of hydrogen-bond acceptors (Lipinski definition) is 4. The van der Waals surface area contributed by atoms with Crippen molar-refractivity contribution >= 4 is 6.09 Å². The number of carbonyl (C=O) groups excluding carboxylic acids is 1. The zero-order chi connectivity index (χ0) is 14.0. The number of rotatable bonds is 4. The van der Waals surface area contributed by atoms with Gasteiger partial charge < -0.3 is 14.1 Å². The summed E-state index contributed by atoms with van der Waals surface area (Å²) in [4.78, 5) is 15.7. The SMILES string of the molecule is CN1CC2(CCCN(CCCc3ccco3)C2)OC1=O. The first-order valence-corrected chi connectivity index (χ1v) is 7.36. The number of carbonyl (C=O) groups is 1. The van der Waals surface area contributed by atoms with Crippen molar-refractivity contribution in [2.75, 3.05) is 33.2 Å². The summed E-state index contributed by atoms with van der Waals surface area (Å²) < 4.78 is 11.0. The number of ether oxygens (including phenoxy) is 1. The highest BCUT2D eigenvalue weighted by Gasteiger charge is 2.46. The summed E-state index contributed by atoms with van der Waals surface area (Å²) in [5, 5.41) is 0. The van der Waals surface area contributed by atoms with Crippen LogP contribution in [0.25, 0.3) is 0 Å². The summed E-state index contributed by atoms with van der Waals surface area (Å²) >= 11 is 0. The second-order valence-corrected chi connectivity index (χ2v) is 5.97. The number of amides is 1. The van der Waals surface area contributed by atoms with Crippen molar-refractivity contribution in [3.8, 4) is 0 Å². The first-order valence-electron chi connectivity index (χ1n) is 7.36. The maximum absolute atomic E-state index is 11.6.